The summed E-state index contributed by atoms with van der Waals surface area (Å²) in [5.74, 6) is -2.94. The van der Waals surface area contributed by atoms with E-state index in [0.29, 0.717) is 11.3 Å². The van der Waals surface area contributed by atoms with E-state index in [9.17, 15) is 9.59 Å². The van der Waals surface area contributed by atoms with Crippen molar-refractivity contribution in [2.75, 3.05) is 5.32 Å². The maximum absolute atomic E-state index is 12.0. The average Bonchev–Trinajstić information content (AvgIpc) is 2.31. The molecule has 5 nitrogen and oxygen atoms in total. The number of carbonyl (C=O) groups is 2. The Balaban J connectivity index is 2.92. The number of amides is 1. The van der Waals surface area contributed by atoms with Gasteiger partial charge in [0.1, 0.15) is 5.15 Å². The smallest absolute Gasteiger partial charge is 0.307 e. The summed E-state index contributed by atoms with van der Waals surface area (Å²) in [6.45, 7) is 4.74. The molecule has 0 aromatic carbocycles. The Morgan fingerprint density at radius 3 is 2.37 bits per heavy atom. The van der Waals surface area contributed by atoms with E-state index in [2.05, 4.69) is 10.3 Å². The first-order chi connectivity index (χ1) is 8.73. The highest BCUT2D eigenvalue weighted by Crippen LogP contribution is 2.27. The third-order valence-corrected chi connectivity index (χ3v) is 3.41. The number of rotatable bonds is 4. The summed E-state index contributed by atoms with van der Waals surface area (Å²) in [7, 11) is 0. The number of hydrogen-bond acceptors (Lipinski definition) is 3. The van der Waals surface area contributed by atoms with Crippen molar-refractivity contribution in [3.8, 4) is 0 Å². The van der Waals surface area contributed by atoms with Crippen LogP contribution in [0.1, 0.15) is 19.4 Å². The molecule has 1 aromatic rings. The van der Waals surface area contributed by atoms with Crippen molar-refractivity contribution in [2.24, 2.45) is 11.8 Å². The van der Waals surface area contributed by atoms with Crippen LogP contribution in [0.5, 0.6) is 0 Å². The lowest BCUT2D eigenvalue weighted by Crippen LogP contribution is -2.30. The van der Waals surface area contributed by atoms with Crippen LogP contribution in [-0.4, -0.2) is 22.0 Å². The Kier molecular flexibility index (Phi) is 5.14. The fourth-order valence-electron chi connectivity index (χ4n) is 1.42. The normalized spacial score (nSPS) is 13.7. The first-order valence-corrected chi connectivity index (χ1v) is 6.36. The molecule has 0 aliphatic heterocycles. The summed E-state index contributed by atoms with van der Waals surface area (Å²) in [6, 6.07) is 1.56. The van der Waals surface area contributed by atoms with E-state index in [1.165, 1.54) is 6.92 Å². The van der Waals surface area contributed by atoms with Crippen molar-refractivity contribution >= 4 is 40.8 Å². The molecule has 0 saturated carbocycles. The maximum Gasteiger partial charge on any atom is 0.307 e. The Hall–Kier alpha value is -1.33. The minimum Gasteiger partial charge on any atom is -0.481 e. The zero-order valence-corrected chi connectivity index (χ0v) is 12.2. The number of carboxylic acid groups (broad SMARTS) is 1. The molecule has 1 aromatic heterocycles. The van der Waals surface area contributed by atoms with Gasteiger partial charge in [-0.3, -0.25) is 9.59 Å². The molecule has 7 heteroatoms. The Morgan fingerprint density at radius 1 is 1.32 bits per heavy atom. The Bertz CT molecular complexity index is 497. The van der Waals surface area contributed by atoms with Gasteiger partial charge in [-0.05, 0) is 18.6 Å². The molecule has 0 fully saturated rings. The van der Waals surface area contributed by atoms with Crippen LogP contribution in [0.15, 0.2) is 6.07 Å². The van der Waals surface area contributed by atoms with Crippen LogP contribution in [0, 0.1) is 18.8 Å². The molecule has 1 amide bonds. The van der Waals surface area contributed by atoms with Crippen molar-refractivity contribution in [1.82, 2.24) is 4.98 Å². The van der Waals surface area contributed by atoms with Crippen LogP contribution in [0.2, 0.25) is 10.3 Å². The monoisotopic (exact) mass is 304 g/mol. The van der Waals surface area contributed by atoms with Gasteiger partial charge in [-0.25, -0.2) is 4.98 Å². The van der Waals surface area contributed by atoms with Crippen LogP contribution in [0.4, 0.5) is 5.69 Å². The summed E-state index contributed by atoms with van der Waals surface area (Å²) in [6.07, 6.45) is 0. The molecule has 1 rings (SSSR count). The van der Waals surface area contributed by atoms with Crippen molar-refractivity contribution in [3.63, 3.8) is 0 Å². The minimum absolute atomic E-state index is 0.0773. The summed E-state index contributed by atoms with van der Waals surface area (Å²) in [4.78, 5) is 26.6. The summed E-state index contributed by atoms with van der Waals surface area (Å²) >= 11 is 11.6. The molecule has 19 heavy (non-hydrogen) atoms. The number of carbonyl (C=O) groups excluding carboxylic acids is 1. The Labute approximate surface area is 120 Å². The third kappa shape index (κ3) is 3.81. The van der Waals surface area contributed by atoms with E-state index in [4.69, 9.17) is 28.3 Å². The van der Waals surface area contributed by atoms with Crippen LogP contribution in [-0.2, 0) is 9.59 Å². The quantitative estimate of drug-likeness (QED) is 0.838. The summed E-state index contributed by atoms with van der Waals surface area (Å²) < 4.78 is 0. The van der Waals surface area contributed by atoms with Gasteiger partial charge in [-0.15, -0.1) is 0 Å². The molecule has 0 aliphatic rings. The van der Waals surface area contributed by atoms with Crippen molar-refractivity contribution in [3.05, 3.63) is 21.9 Å². The third-order valence-electron chi connectivity index (χ3n) is 2.94. The molecule has 2 unspecified atom stereocenters. The standard InChI is InChI=1S/C12H14Cl2N2O3/c1-5-4-8(13)15-10(14)9(5)16-11(17)6(2)7(3)12(18)19/h4,6-7H,1-3H3,(H,16,17)(H,18,19). The highest BCUT2D eigenvalue weighted by Gasteiger charge is 2.26. The molecule has 0 aliphatic carbocycles. The van der Waals surface area contributed by atoms with E-state index in [1.54, 1.807) is 19.9 Å². The van der Waals surface area contributed by atoms with E-state index < -0.39 is 23.7 Å². The van der Waals surface area contributed by atoms with E-state index in [1.807, 2.05) is 0 Å². The van der Waals surface area contributed by atoms with Gasteiger partial charge < -0.3 is 10.4 Å². The van der Waals surface area contributed by atoms with Crippen LogP contribution >= 0.6 is 23.2 Å². The second kappa shape index (κ2) is 6.21. The van der Waals surface area contributed by atoms with Gasteiger partial charge in [0.05, 0.1) is 11.6 Å². The molecule has 0 radical (unpaired) electrons. The number of halogens is 2. The number of carboxylic acids is 1. The number of aliphatic carboxylic acids is 1. The fourth-order valence-corrected chi connectivity index (χ4v) is 2.00. The lowest BCUT2D eigenvalue weighted by Gasteiger charge is -2.17. The maximum atomic E-state index is 12.0. The molecule has 2 atom stereocenters. The number of nitrogens with zero attached hydrogens (tertiary/aromatic N) is 1. The first-order valence-electron chi connectivity index (χ1n) is 5.60. The second-order valence-corrected chi connectivity index (χ2v) is 5.08. The lowest BCUT2D eigenvalue weighted by molar-refractivity contribution is -0.145. The molecule has 0 saturated heterocycles. The van der Waals surface area contributed by atoms with Gasteiger partial charge in [-0.1, -0.05) is 37.0 Å². The van der Waals surface area contributed by atoms with Crippen LogP contribution in [0.25, 0.3) is 0 Å². The van der Waals surface area contributed by atoms with Gasteiger partial charge >= 0.3 is 5.97 Å². The van der Waals surface area contributed by atoms with Gasteiger partial charge in [0.2, 0.25) is 5.91 Å². The molecule has 104 valence electrons. The van der Waals surface area contributed by atoms with Crippen LogP contribution < -0.4 is 5.32 Å². The molecular weight excluding hydrogens is 291 g/mol. The predicted octanol–water partition coefficient (Wildman–Crippen LogP) is 2.99. The number of hydrogen-bond donors (Lipinski definition) is 2. The summed E-state index contributed by atoms with van der Waals surface area (Å²) in [5.41, 5.74) is 1.01. The average molecular weight is 305 g/mol. The van der Waals surface area contributed by atoms with E-state index >= 15 is 0 Å². The summed E-state index contributed by atoms with van der Waals surface area (Å²) in [5, 5.41) is 11.8. The molecule has 2 N–H and O–H groups in total. The zero-order chi connectivity index (χ0) is 14.7. The topological polar surface area (TPSA) is 79.3 Å². The highest BCUT2D eigenvalue weighted by atomic mass is 35.5. The molecule has 1 heterocycles. The largest absolute Gasteiger partial charge is 0.481 e. The number of pyridine rings is 1. The minimum atomic E-state index is -1.03. The second-order valence-electron chi connectivity index (χ2n) is 4.33. The number of aryl methyl sites for hydroxylation is 1. The molecule has 0 spiro atoms. The number of anilines is 1. The van der Waals surface area contributed by atoms with E-state index in [-0.39, 0.29) is 10.3 Å². The highest BCUT2D eigenvalue weighted by molar-refractivity contribution is 6.34. The predicted molar refractivity (Wildman–Crippen MR) is 73.6 cm³/mol. The lowest BCUT2D eigenvalue weighted by atomic mass is 9.95. The van der Waals surface area contributed by atoms with Gasteiger partial charge in [0, 0.05) is 5.92 Å². The number of aromatic nitrogens is 1. The zero-order valence-electron chi connectivity index (χ0n) is 10.7. The Morgan fingerprint density at radius 2 is 1.89 bits per heavy atom. The molecular formula is C12H14Cl2N2O3. The first kappa shape index (κ1) is 15.7. The molecule has 0 bridgehead atoms. The van der Waals surface area contributed by atoms with Crippen molar-refractivity contribution in [1.29, 1.82) is 0 Å². The van der Waals surface area contributed by atoms with Gasteiger partial charge in [0.25, 0.3) is 0 Å². The van der Waals surface area contributed by atoms with Crippen molar-refractivity contribution < 1.29 is 14.7 Å². The van der Waals surface area contributed by atoms with Gasteiger partial charge in [-0.2, -0.15) is 0 Å². The van der Waals surface area contributed by atoms with Gasteiger partial charge in [0.15, 0.2) is 5.15 Å². The SMILES string of the molecule is Cc1cc(Cl)nc(Cl)c1NC(=O)C(C)C(C)C(=O)O. The van der Waals surface area contributed by atoms with Crippen LogP contribution in [0.3, 0.4) is 0 Å². The van der Waals surface area contributed by atoms with E-state index in [0.717, 1.165) is 0 Å². The fraction of sp³-hybridized carbons (Fsp3) is 0.417. The number of nitrogens with one attached hydrogen (secondary N) is 1. The van der Waals surface area contributed by atoms with Crippen molar-refractivity contribution in [2.45, 2.75) is 20.8 Å².